The summed E-state index contributed by atoms with van der Waals surface area (Å²) in [6, 6.07) is 22.6. The van der Waals surface area contributed by atoms with E-state index >= 15 is 0 Å². The van der Waals surface area contributed by atoms with E-state index in [1.54, 1.807) is 14.1 Å². The highest BCUT2D eigenvalue weighted by atomic mass is 79.9. The summed E-state index contributed by atoms with van der Waals surface area (Å²) in [5.74, 6) is 0.818. The van der Waals surface area contributed by atoms with Gasteiger partial charge in [0.2, 0.25) is 5.90 Å². The van der Waals surface area contributed by atoms with Crippen LogP contribution in [0.3, 0.4) is 0 Å². The molecule has 0 radical (unpaired) electrons. The van der Waals surface area contributed by atoms with Gasteiger partial charge in [-0.25, -0.2) is 4.99 Å². The predicted molar refractivity (Wildman–Crippen MR) is 153 cm³/mol. The number of nitrogens with zero attached hydrogens (tertiary/aromatic N) is 5. The lowest BCUT2D eigenvalue weighted by molar-refractivity contribution is -0.137. The molecular formula is C29H30BrN5O4. The molecule has 9 nitrogen and oxygen atoms in total. The molecule has 0 spiro atoms. The molecule has 1 heterocycles. The van der Waals surface area contributed by atoms with E-state index < -0.39 is 11.6 Å². The zero-order chi connectivity index (χ0) is 27.8. The smallest absolute Gasteiger partial charge is 0.254 e. The van der Waals surface area contributed by atoms with E-state index in [-0.39, 0.29) is 25.5 Å². The molecule has 2 atom stereocenters. The van der Waals surface area contributed by atoms with Gasteiger partial charge >= 0.3 is 0 Å². The van der Waals surface area contributed by atoms with Gasteiger partial charge in [-0.05, 0) is 58.6 Å². The Morgan fingerprint density at radius 2 is 1.82 bits per heavy atom. The second-order valence-electron chi connectivity index (χ2n) is 9.37. The summed E-state index contributed by atoms with van der Waals surface area (Å²) in [7, 11) is 3.42. The molecule has 1 N–H and O–H groups in total. The maximum absolute atomic E-state index is 14.0. The third-order valence-corrected chi connectivity index (χ3v) is 7.00. The molecule has 0 fully saturated rings. The van der Waals surface area contributed by atoms with E-state index in [0.29, 0.717) is 30.2 Å². The highest BCUT2D eigenvalue weighted by Crippen LogP contribution is 2.44. The van der Waals surface area contributed by atoms with E-state index in [1.807, 2.05) is 72.8 Å². The molecule has 39 heavy (non-hydrogen) atoms. The fourth-order valence-electron chi connectivity index (χ4n) is 4.57. The van der Waals surface area contributed by atoms with Crippen molar-refractivity contribution >= 4 is 27.7 Å². The first kappa shape index (κ1) is 28.2. The first-order chi connectivity index (χ1) is 18.9. The van der Waals surface area contributed by atoms with E-state index in [4.69, 9.17) is 25.1 Å². The van der Waals surface area contributed by atoms with Gasteiger partial charge in [-0.1, -0.05) is 57.4 Å². The van der Waals surface area contributed by atoms with E-state index in [0.717, 1.165) is 21.2 Å². The third kappa shape index (κ3) is 6.42. The molecule has 4 rings (SSSR count). The molecule has 1 amide bonds. The number of aliphatic hydroxyl groups is 1. The Balaban J connectivity index is 1.81. The number of aliphatic hydroxyl groups excluding tert-OH is 1. The molecule has 1 aliphatic rings. The summed E-state index contributed by atoms with van der Waals surface area (Å²) in [4.78, 5) is 23.5. The quantitative estimate of drug-likeness (QED) is 0.135. The van der Waals surface area contributed by atoms with Gasteiger partial charge in [-0.15, -0.1) is 0 Å². The van der Waals surface area contributed by atoms with Gasteiger partial charge in [0.25, 0.3) is 5.91 Å². The molecule has 202 valence electrons. The summed E-state index contributed by atoms with van der Waals surface area (Å²) in [6.07, 6.45) is 0.0831. The van der Waals surface area contributed by atoms with Crippen molar-refractivity contribution in [3.05, 3.63) is 110 Å². The van der Waals surface area contributed by atoms with Crippen molar-refractivity contribution in [3.8, 4) is 5.75 Å². The number of azide groups is 1. The first-order valence-corrected chi connectivity index (χ1v) is 13.3. The van der Waals surface area contributed by atoms with Crippen LogP contribution in [0.1, 0.15) is 34.8 Å². The van der Waals surface area contributed by atoms with E-state index in [2.05, 4.69) is 26.0 Å². The van der Waals surface area contributed by atoms with Crippen LogP contribution in [0.4, 0.5) is 0 Å². The van der Waals surface area contributed by atoms with Crippen molar-refractivity contribution in [2.75, 3.05) is 27.3 Å². The number of carbonyl (C=O) groups excluding carboxylic acids is 1. The Hall–Kier alpha value is -3.85. The highest BCUT2D eigenvalue weighted by Gasteiger charge is 2.54. The lowest BCUT2D eigenvalue weighted by Crippen LogP contribution is -2.49. The lowest BCUT2D eigenvalue weighted by Gasteiger charge is -2.33. The summed E-state index contributed by atoms with van der Waals surface area (Å²) in [5, 5.41) is 12.7. The molecule has 0 aromatic heterocycles. The number of amides is 1. The maximum atomic E-state index is 14.0. The normalized spacial score (nSPS) is 18.1. The van der Waals surface area contributed by atoms with Gasteiger partial charge in [0, 0.05) is 48.5 Å². The van der Waals surface area contributed by atoms with Gasteiger partial charge in [0.15, 0.2) is 11.6 Å². The third-order valence-electron chi connectivity index (χ3n) is 6.47. The van der Waals surface area contributed by atoms with Crippen LogP contribution in [0, 0.1) is 0 Å². The minimum absolute atomic E-state index is 0.0636. The van der Waals surface area contributed by atoms with E-state index in [1.165, 1.54) is 4.90 Å². The Kier molecular flexibility index (Phi) is 9.24. The SMILES string of the molecule is CN(C)C(=O)[C@]1(Cc2ccccc2CN=[N+]=[N-])N=C(c2ccc(OCCCO)cc2)O[C@@H]1c1ccc(Br)cc1. The molecule has 0 saturated carbocycles. The second-order valence-corrected chi connectivity index (χ2v) is 10.3. The number of halogens is 1. The number of hydrogen-bond acceptors (Lipinski definition) is 6. The molecule has 1 aliphatic heterocycles. The average Bonchev–Trinajstić information content (AvgIpc) is 3.33. The molecule has 3 aromatic rings. The minimum Gasteiger partial charge on any atom is -0.494 e. The number of likely N-dealkylation sites (N-methyl/N-ethyl adjacent to an activating group) is 1. The van der Waals surface area contributed by atoms with Crippen molar-refractivity contribution in [1.82, 2.24) is 4.90 Å². The molecule has 0 aliphatic carbocycles. The number of rotatable bonds is 11. The van der Waals surface area contributed by atoms with Gasteiger partial charge in [0.05, 0.1) is 13.2 Å². The van der Waals surface area contributed by atoms with Gasteiger partial charge in [0.1, 0.15) is 5.75 Å². The fourth-order valence-corrected chi connectivity index (χ4v) is 4.84. The van der Waals surface area contributed by atoms with Crippen molar-refractivity contribution in [2.45, 2.75) is 31.0 Å². The van der Waals surface area contributed by atoms with E-state index in [9.17, 15) is 4.79 Å². The number of ether oxygens (including phenoxy) is 2. The van der Waals surface area contributed by atoms with Crippen molar-refractivity contribution < 1.29 is 19.4 Å². The van der Waals surface area contributed by atoms with Crippen LogP contribution in [0.15, 0.2) is 87.4 Å². The Morgan fingerprint density at radius 3 is 2.46 bits per heavy atom. The summed E-state index contributed by atoms with van der Waals surface area (Å²) < 4.78 is 13.1. The monoisotopic (exact) mass is 591 g/mol. The van der Waals surface area contributed by atoms with Gasteiger partial charge < -0.3 is 19.5 Å². The molecule has 10 heteroatoms. The Morgan fingerprint density at radius 1 is 1.13 bits per heavy atom. The summed E-state index contributed by atoms with van der Waals surface area (Å²) >= 11 is 3.49. The molecular weight excluding hydrogens is 562 g/mol. The molecule has 0 saturated heterocycles. The number of carbonyl (C=O) groups is 1. The molecule has 0 bridgehead atoms. The van der Waals surface area contributed by atoms with Crippen LogP contribution in [-0.2, 0) is 22.5 Å². The van der Waals surface area contributed by atoms with Gasteiger partial charge in [-0.2, -0.15) is 0 Å². The fraction of sp³-hybridized carbons (Fsp3) is 0.310. The Bertz CT molecular complexity index is 1370. The van der Waals surface area contributed by atoms with Crippen LogP contribution >= 0.6 is 15.9 Å². The predicted octanol–water partition coefficient (Wildman–Crippen LogP) is 5.61. The highest BCUT2D eigenvalue weighted by molar-refractivity contribution is 9.10. The zero-order valence-corrected chi connectivity index (χ0v) is 23.4. The number of benzene rings is 3. The molecule has 3 aromatic carbocycles. The minimum atomic E-state index is -1.31. The van der Waals surface area contributed by atoms with Crippen LogP contribution in [0.5, 0.6) is 5.75 Å². The number of aliphatic imine (C=N–C) groups is 1. The largest absolute Gasteiger partial charge is 0.494 e. The number of hydrogen-bond donors (Lipinski definition) is 1. The van der Waals surface area contributed by atoms with Crippen molar-refractivity contribution in [3.63, 3.8) is 0 Å². The zero-order valence-electron chi connectivity index (χ0n) is 21.8. The second kappa shape index (κ2) is 12.8. The van der Waals surface area contributed by atoms with Gasteiger partial charge in [-0.3, -0.25) is 4.79 Å². The molecule has 0 unspecified atom stereocenters. The van der Waals surface area contributed by atoms with Crippen LogP contribution in [0.25, 0.3) is 10.4 Å². The van der Waals surface area contributed by atoms with Crippen LogP contribution < -0.4 is 4.74 Å². The lowest BCUT2D eigenvalue weighted by atomic mass is 9.80. The maximum Gasteiger partial charge on any atom is 0.254 e. The van der Waals surface area contributed by atoms with Crippen LogP contribution in [0.2, 0.25) is 0 Å². The topological polar surface area (TPSA) is 120 Å². The summed E-state index contributed by atoms with van der Waals surface area (Å²) in [6.45, 7) is 0.639. The first-order valence-electron chi connectivity index (χ1n) is 12.5. The van der Waals surface area contributed by atoms with Crippen LogP contribution in [-0.4, -0.2) is 54.7 Å². The van der Waals surface area contributed by atoms with Crippen molar-refractivity contribution in [1.29, 1.82) is 0 Å². The Labute approximate surface area is 235 Å². The standard InChI is InChI=1S/C29H30BrN5O4/c1-35(2)28(37)29(18-22-6-3-4-7-23(22)19-32-34-31)26(20-8-12-24(30)13-9-20)39-27(33-29)21-10-14-25(15-11-21)38-17-5-16-36/h3-4,6-15,26,36H,5,16-19H2,1-2H3/t26-,29-/m1/s1. The summed E-state index contributed by atoms with van der Waals surface area (Å²) in [5.41, 5.74) is 10.8. The average molecular weight is 592 g/mol. The van der Waals surface area contributed by atoms with Crippen molar-refractivity contribution in [2.24, 2.45) is 10.1 Å².